The first-order chi connectivity index (χ1) is 6.69. The third-order valence-corrected chi connectivity index (χ3v) is 1.69. The maximum Gasteiger partial charge on any atom is 0.166 e. The van der Waals surface area contributed by atoms with Gasteiger partial charge in [-0.3, -0.25) is 4.79 Å². The fourth-order valence-corrected chi connectivity index (χ4v) is 1.12. The van der Waals surface area contributed by atoms with E-state index < -0.39 is 5.82 Å². The van der Waals surface area contributed by atoms with Gasteiger partial charge in [-0.05, 0) is 24.6 Å². The Hall–Kier alpha value is -1.82. The molecule has 72 valence electrons. The molecule has 14 heavy (non-hydrogen) atoms. The van der Waals surface area contributed by atoms with E-state index in [-0.39, 0.29) is 17.9 Å². The molecule has 0 fully saturated rings. The van der Waals surface area contributed by atoms with E-state index in [1.54, 1.807) is 13.0 Å². The molecule has 0 saturated heterocycles. The Labute approximate surface area is 81.7 Å². The minimum Gasteiger partial charge on any atom is -0.478 e. The molecule has 1 rings (SSSR count). The number of carbonyl (C=O) groups excluding carboxylic acids is 1. The van der Waals surface area contributed by atoms with Crippen LogP contribution in [-0.2, 0) is 0 Å². The largest absolute Gasteiger partial charge is 0.478 e. The number of benzene rings is 1. The number of rotatable bonds is 3. The van der Waals surface area contributed by atoms with Gasteiger partial charge in [-0.15, -0.1) is 6.42 Å². The van der Waals surface area contributed by atoms with Crippen molar-refractivity contribution >= 4 is 6.29 Å². The standard InChI is InChI=1S/C11H9FO2/c1-3-4-14-11-8(2)5-9(7-13)6-10(11)12/h1,5-7H,4H2,2H3. The summed E-state index contributed by atoms with van der Waals surface area (Å²) in [5.74, 6) is 1.78. The molecular weight excluding hydrogens is 183 g/mol. The average molecular weight is 192 g/mol. The molecule has 0 unspecified atom stereocenters. The molecule has 0 N–H and O–H groups in total. The van der Waals surface area contributed by atoms with Gasteiger partial charge in [0.25, 0.3) is 0 Å². The molecule has 3 heteroatoms. The van der Waals surface area contributed by atoms with Crippen LogP contribution in [0.25, 0.3) is 0 Å². The second kappa shape index (κ2) is 4.43. The summed E-state index contributed by atoms with van der Waals surface area (Å²) in [6.45, 7) is 1.67. The molecule has 0 heterocycles. The number of halogens is 1. The Bertz CT molecular complexity index is 368. The molecule has 1 aromatic carbocycles. The molecule has 1 aromatic rings. The summed E-state index contributed by atoms with van der Waals surface area (Å²) in [5, 5.41) is 0. The van der Waals surface area contributed by atoms with Crippen molar-refractivity contribution in [3.8, 4) is 18.1 Å². The Balaban J connectivity index is 3.06. The molecule has 0 aliphatic heterocycles. The molecule has 0 spiro atoms. The molecule has 0 saturated carbocycles. The van der Waals surface area contributed by atoms with Crippen LogP contribution in [-0.4, -0.2) is 12.9 Å². The SMILES string of the molecule is C#CCOc1c(C)cc(C=O)cc1F. The van der Waals surface area contributed by atoms with Crippen molar-refractivity contribution in [3.05, 3.63) is 29.1 Å². The van der Waals surface area contributed by atoms with Crippen molar-refractivity contribution in [2.45, 2.75) is 6.92 Å². The highest BCUT2D eigenvalue weighted by Crippen LogP contribution is 2.23. The van der Waals surface area contributed by atoms with Gasteiger partial charge in [-0.1, -0.05) is 5.92 Å². The fraction of sp³-hybridized carbons (Fsp3) is 0.182. The summed E-state index contributed by atoms with van der Waals surface area (Å²) in [4.78, 5) is 10.4. The second-order valence-electron chi connectivity index (χ2n) is 2.76. The van der Waals surface area contributed by atoms with Crippen molar-refractivity contribution in [1.29, 1.82) is 0 Å². The topological polar surface area (TPSA) is 26.3 Å². The maximum atomic E-state index is 13.3. The van der Waals surface area contributed by atoms with Gasteiger partial charge in [-0.25, -0.2) is 4.39 Å². The lowest BCUT2D eigenvalue weighted by Gasteiger charge is -2.07. The number of terminal acetylenes is 1. The van der Waals surface area contributed by atoms with Gasteiger partial charge in [0.05, 0.1) is 0 Å². The highest BCUT2D eigenvalue weighted by Gasteiger charge is 2.08. The lowest BCUT2D eigenvalue weighted by Crippen LogP contribution is -1.99. The summed E-state index contributed by atoms with van der Waals surface area (Å²) in [6.07, 6.45) is 5.56. The smallest absolute Gasteiger partial charge is 0.166 e. The molecule has 0 radical (unpaired) electrons. The zero-order valence-electron chi connectivity index (χ0n) is 7.71. The van der Waals surface area contributed by atoms with E-state index in [1.165, 1.54) is 0 Å². The minimum absolute atomic E-state index is 0.0121. The van der Waals surface area contributed by atoms with Crippen LogP contribution in [0.3, 0.4) is 0 Å². The third-order valence-electron chi connectivity index (χ3n) is 1.69. The molecule has 0 atom stereocenters. The van der Waals surface area contributed by atoms with Crippen molar-refractivity contribution in [2.24, 2.45) is 0 Å². The van der Waals surface area contributed by atoms with Crippen LogP contribution >= 0.6 is 0 Å². The number of ether oxygens (including phenoxy) is 1. The van der Waals surface area contributed by atoms with E-state index in [2.05, 4.69) is 5.92 Å². The molecule has 2 nitrogen and oxygen atoms in total. The fourth-order valence-electron chi connectivity index (χ4n) is 1.12. The third kappa shape index (κ3) is 2.11. The van der Waals surface area contributed by atoms with Crippen LogP contribution in [0, 0.1) is 25.1 Å². The Kier molecular flexibility index (Phi) is 3.24. The highest BCUT2D eigenvalue weighted by molar-refractivity contribution is 5.75. The zero-order chi connectivity index (χ0) is 10.6. The Morgan fingerprint density at radius 2 is 2.36 bits per heavy atom. The number of aryl methyl sites for hydroxylation is 1. The van der Waals surface area contributed by atoms with Gasteiger partial charge >= 0.3 is 0 Å². The van der Waals surface area contributed by atoms with Crippen LogP contribution in [0.1, 0.15) is 15.9 Å². The summed E-state index contributed by atoms with van der Waals surface area (Å²) in [6, 6.07) is 2.66. The number of carbonyl (C=O) groups is 1. The van der Waals surface area contributed by atoms with E-state index in [0.29, 0.717) is 11.8 Å². The van der Waals surface area contributed by atoms with E-state index in [1.807, 2.05) is 0 Å². The average Bonchev–Trinajstić information content (AvgIpc) is 2.16. The number of hydrogen-bond acceptors (Lipinski definition) is 2. The summed E-state index contributed by atoms with van der Waals surface area (Å²) in [5.41, 5.74) is 0.843. The van der Waals surface area contributed by atoms with Gasteiger partial charge in [0.15, 0.2) is 11.6 Å². The highest BCUT2D eigenvalue weighted by atomic mass is 19.1. The van der Waals surface area contributed by atoms with Crippen LogP contribution in [0.15, 0.2) is 12.1 Å². The minimum atomic E-state index is -0.567. The van der Waals surface area contributed by atoms with Gasteiger partial charge < -0.3 is 4.74 Å². The lowest BCUT2D eigenvalue weighted by atomic mass is 10.1. The molecule has 0 bridgehead atoms. The molecule has 0 amide bonds. The normalized spacial score (nSPS) is 9.21. The van der Waals surface area contributed by atoms with Crippen molar-refractivity contribution in [3.63, 3.8) is 0 Å². The summed E-state index contributed by atoms with van der Waals surface area (Å²) < 4.78 is 18.3. The second-order valence-corrected chi connectivity index (χ2v) is 2.76. The molecular formula is C11H9FO2. The van der Waals surface area contributed by atoms with Gasteiger partial charge in [-0.2, -0.15) is 0 Å². The predicted molar refractivity (Wildman–Crippen MR) is 50.9 cm³/mol. The van der Waals surface area contributed by atoms with Gasteiger partial charge in [0, 0.05) is 5.56 Å². The number of aldehydes is 1. The van der Waals surface area contributed by atoms with Crippen LogP contribution in [0.5, 0.6) is 5.75 Å². The van der Waals surface area contributed by atoms with E-state index in [9.17, 15) is 9.18 Å². The van der Waals surface area contributed by atoms with E-state index in [0.717, 1.165) is 6.07 Å². The van der Waals surface area contributed by atoms with Gasteiger partial charge in [0.2, 0.25) is 0 Å². The van der Waals surface area contributed by atoms with E-state index >= 15 is 0 Å². The zero-order valence-corrected chi connectivity index (χ0v) is 7.71. The van der Waals surface area contributed by atoms with Crippen LogP contribution in [0.2, 0.25) is 0 Å². The monoisotopic (exact) mass is 192 g/mol. The predicted octanol–water partition coefficient (Wildman–Crippen LogP) is 1.96. The van der Waals surface area contributed by atoms with Crippen molar-refractivity contribution < 1.29 is 13.9 Å². The molecule has 0 aliphatic rings. The molecule has 0 aromatic heterocycles. The maximum absolute atomic E-state index is 13.3. The lowest BCUT2D eigenvalue weighted by molar-refractivity contribution is 0.112. The number of hydrogen-bond donors (Lipinski definition) is 0. The van der Waals surface area contributed by atoms with E-state index in [4.69, 9.17) is 11.2 Å². The first-order valence-electron chi connectivity index (χ1n) is 4.00. The molecule has 0 aliphatic carbocycles. The first kappa shape index (κ1) is 10.3. The quantitative estimate of drug-likeness (QED) is 0.540. The van der Waals surface area contributed by atoms with Crippen molar-refractivity contribution in [1.82, 2.24) is 0 Å². The van der Waals surface area contributed by atoms with Crippen LogP contribution < -0.4 is 4.74 Å². The summed E-state index contributed by atoms with van der Waals surface area (Å²) >= 11 is 0. The summed E-state index contributed by atoms with van der Waals surface area (Å²) in [7, 11) is 0. The first-order valence-corrected chi connectivity index (χ1v) is 4.00. The Morgan fingerprint density at radius 1 is 1.64 bits per heavy atom. The Morgan fingerprint density at radius 3 is 2.86 bits per heavy atom. The van der Waals surface area contributed by atoms with Crippen molar-refractivity contribution in [2.75, 3.05) is 6.61 Å². The van der Waals surface area contributed by atoms with Crippen LogP contribution in [0.4, 0.5) is 4.39 Å². The van der Waals surface area contributed by atoms with Gasteiger partial charge in [0.1, 0.15) is 12.9 Å².